The van der Waals surface area contributed by atoms with Gasteiger partial charge in [0.1, 0.15) is 11.2 Å². The standard InChI is InChI=1S/C46H29NO/c1-2-15-34(16-3-1)47(35-17-10-14-32(28-35)38-21-11-23-43-45(38)40-20-8-9-22-42(40)48-43)41-29-33-25-24-30-12-4-6-18-36(30)44(33)46-37-19-7-5-13-31(37)26-27-39(41)46/h1-29H. The first-order valence-corrected chi connectivity index (χ1v) is 16.4. The van der Waals surface area contributed by atoms with Gasteiger partial charge in [-0.1, -0.05) is 133 Å². The van der Waals surface area contributed by atoms with Crippen LogP contribution in [-0.4, -0.2) is 0 Å². The lowest BCUT2D eigenvalue weighted by Crippen LogP contribution is -2.10. The van der Waals surface area contributed by atoms with Gasteiger partial charge in [0.2, 0.25) is 0 Å². The van der Waals surface area contributed by atoms with Crippen molar-refractivity contribution in [1.82, 2.24) is 0 Å². The van der Waals surface area contributed by atoms with Gasteiger partial charge in [0.05, 0.1) is 5.69 Å². The smallest absolute Gasteiger partial charge is 0.136 e. The minimum atomic E-state index is 0.902. The van der Waals surface area contributed by atoms with Crippen LogP contribution in [0.4, 0.5) is 17.1 Å². The van der Waals surface area contributed by atoms with E-state index in [1.807, 2.05) is 12.1 Å². The van der Waals surface area contributed by atoms with Crippen molar-refractivity contribution >= 4 is 82.1 Å². The Balaban J connectivity index is 1.28. The molecule has 2 heteroatoms. The summed E-state index contributed by atoms with van der Waals surface area (Å²) in [5.41, 5.74) is 7.46. The number of hydrogen-bond donors (Lipinski definition) is 0. The Labute approximate surface area is 277 Å². The molecular weight excluding hydrogens is 583 g/mol. The van der Waals surface area contributed by atoms with E-state index < -0.39 is 0 Å². The normalized spacial score (nSPS) is 11.8. The number of nitrogens with zero attached hydrogens (tertiary/aromatic N) is 1. The molecule has 48 heavy (non-hydrogen) atoms. The minimum absolute atomic E-state index is 0.902. The van der Waals surface area contributed by atoms with Crippen LogP contribution in [0.15, 0.2) is 180 Å². The fraction of sp³-hybridized carbons (Fsp3) is 0. The molecular formula is C46H29NO. The molecule has 0 amide bonds. The molecule has 0 aliphatic rings. The molecule has 0 radical (unpaired) electrons. The van der Waals surface area contributed by atoms with Crippen LogP contribution < -0.4 is 4.90 Å². The molecule has 0 aliphatic carbocycles. The molecule has 0 N–H and O–H groups in total. The van der Waals surface area contributed by atoms with Crippen LogP contribution in [0.5, 0.6) is 0 Å². The van der Waals surface area contributed by atoms with E-state index >= 15 is 0 Å². The number of furan rings is 1. The van der Waals surface area contributed by atoms with Crippen molar-refractivity contribution < 1.29 is 4.42 Å². The van der Waals surface area contributed by atoms with Gasteiger partial charge in [0.25, 0.3) is 0 Å². The maximum atomic E-state index is 6.28. The van der Waals surface area contributed by atoms with Crippen LogP contribution >= 0.6 is 0 Å². The zero-order valence-corrected chi connectivity index (χ0v) is 26.1. The van der Waals surface area contributed by atoms with Gasteiger partial charge in [0, 0.05) is 32.9 Å². The molecule has 0 fully saturated rings. The molecule has 9 aromatic carbocycles. The summed E-state index contributed by atoms with van der Waals surface area (Å²) in [4.78, 5) is 2.42. The molecule has 10 aromatic rings. The SMILES string of the molecule is c1ccc(N(c2cccc(-c3cccc4oc5ccccc5c34)c2)c2cc3ccc4ccccc4c3c3c2ccc2ccccc23)cc1. The number of fused-ring (bicyclic) bond motifs is 10. The summed E-state index contributed by atoms with van der Waals surface area (Å²) in [6.45, 7) is 0. The monoisotopic (exact) mass is 611 g/mol. The van der Waals surface area contributed by atoms with Crippen molar-refractivity contribution in [2.75, 3.05) is 4.90 Å². The molecule has 1 heterocycles. The van der Waals surface area contributed by atoms with Gasteiger partial charge in [-0.15, -0.1) is 0 Å². The largest absolute Gasteiger partial charge is 0.456 e. The fourth-order valence-corrected chi connectivity index (χ4v) is 7.68. The van der Waals surface area contributed by atoms with Crippen LogP contribution in [0.1, 0.15) is 0 Å². The van der Waals surface area contributed by atoms with E-state index in [1.165, 1.54) is 43.1 Å². The van der Waals surface area contributed by atoms with E-state index in [0.717, 1.165) is 50.1 Å². The molecule has 0 bridgehead atoms. The Bertz CT molecular complexity index is 2850. The predicted molar refractivity (Wildman–Crippen MR) is 204 cm³/mol. The van der Waals surface area contributed by atoms with Crippen molar-refractivity contribution in [3.05, 3.63) is 176 Å². The Morgan fingerprint density at radius 2 is 0.979 bits per heavy atom. The predicted octanol–water partition coefficient (Wildman–Crippen LogP) is 13.3. The third-order valence-corrected chi connectivity index (χ3v) is 9.78. The van der Waals surface area contributed by atoms with E-state index in [-0.39, 0.29) is 0 Å². The summed E-state index contributed by atoms with van der Waals surface area (Å²) in [6, 6.07) is 63.4. The number of para-hydroxylation sites is 2. The lowest BCUT2D eigenvalue weighted by molar-refractivity contribution is 0.669. The molecule has 224 valence electrons. The van der Waals surface area contributed by atoms with Crippen molar-refractivity contribution in [3.63, 3.8) is 0 Å². The topological polar surface area (TPSA) is 16.4 Å². The molecule has 0 saturated carbocycles. The third-order valence-electron chi connectivity index (χ3n) is 9.78. The summed E-state index contributed by atoms with van der Waals surface area (Å²) in [5, 5.41) is 12.3. The first kappa shape index (κ1) is 26.8. The first-order chi connectivity index (χ1) is 23.8. The average Bonchev–Trinajstić information content (AvgIpc) is 3.54. The van der Waals surface area contributed by atoms with Crippen LogP contribution in [0, 0.1) is 0 Å². The molecule has 0 saturated heterocycles. The van der Waals surface area contributed by atoms with Crippen LogP contribution in [-0.2, 0) is 0 Å². The van der Waals surface area contributed by atoms with Crippen LogP contribution in [0.25, 0.3) is 76.2 Å². The quantitative estimate of drug-likeness (QED) is 0.184. The second-order valence-electron chi connectivity index (χ2n) is 12.5. The van der Waals surface area contributed by atoms with E-state index in [9.17, 15) is 0 Å². The van der Waals surface area contributed by atoms with Gasteiger partial charge in [-0.2, -0.15) is 0 Å². The minimum Gasteiger partial charge on any atom is -0.456 e. The molecule has 0 aliphatic heterocycles. The zero-order chi connectivity index (χ0) is 31.6. The number of rotatable bonds is 4. The Morgan fingerprint density at radius 3 is 1.81 bits per heavy atom. The summed E-state index contributed by atoms with van der Waals surface area (Å²) in [5.74, 6) is 0. The molecule has 0 unspecified atom stereocenters. The van der Waals surface area contributed by atoms with Gasteiger partial charge < -0.3 is 9.32 Å². The van der Waals surface area contributed by atoms with Crippen molar-refractivity contribution in [2.45, 2.75) is 0 Å². The lowest BCUT2D eigenvalue weighted by atomic mass is 9.91. The van der Waals surface area contributed by atoms with E-state index in [4.69, 9.17) is 4.42 Å². The molecule has 0 atom stereocenters. The van der Waals surface area contributed by atoms with Gasteiger partial charge in [-0.25, -0.2) is 0 Å². The average molecular weight is 612 g/mol. The highest BCUT2D eigenvalue weighted by Gasteiger charge is 2.21. The summed E-state index contributed by atoms with van der Waals surface area (Å²) in [6.07, 6.45) is 0. The third kappa shape index (κ3) is 4.06. The molecule has 0 spiro atoms. The zero-order valence-electron chi connectivity index (χ0n) is 26.1. The Kier molecular flexibility index (Phi) is 5.91. The summed E-state index contributed by atoms with van der Waals surface area (Å²) >= 11 is 0. The van der Waals surface area contributed by atoms with Crippen LogP contribution in [0.3, 0.4) is 0 Å². The summed E-state index contributed by atoms with van der Waals surface area (Å²) in [7, 11) is 0. The number of hydrogen-bond acceptors (Lipinski definition) is 2. The highest BCUT2D eigenvalue weighted by Crippen LogP contribution is 2.46. The van der Waals surface area contributed by atoms with E-state index in [2.05, 4.69) is 169 Å². The van der Waals surface area contributed by atoms with Gasteiger partial charge in [0.15, 0.2) is 0 Å². The second-order valence-corrected chi connectivity index (χ2v) is 12.5. The van der Waals surface area contributed by atoms with Crippen molar-refractivity contribution in [3.8, 4) is 11.1 Å². The highest BCUT2D eigenvalue weighted by atomic mass is 16.3. The Hall–Kier alpha value is -6.38. The maximum absolute atomic E-state index is 6.28. The Morgan fingerprint density at radius 1 is 0.354 bits per heavy atom. The van der Waals surface area contributed by atoms with Crippen molar-refractivity contribution in [2.24, 2.45) is 0 Å². The highest BCUT2D eigenvalue weighted by molar-refractivity contribution is 6.30. The number of anilines is 3. The fourth-order valence-electron chi connectivity index (χ4n) is 7.68. The summed E-state index contributed by atoms with van der Waals surface area (Å²) < 4.78 is 6.28. The second kappa shape index (κ2) is 10.6. The number of benzene rings is 9. The van der Waals surface area contributed by atoms with Crippen molar-refractivity contribution in [1.29, 1.82) is 0 Å². The lowest BCUT2D eigenvalue weighted by Gasteiger charge is -2.28. The molecule has 1 aromatic heterocycles. The molecule has 10 rings (SSSR count). The van der Waals surface area contributed by atoms with Crippen LogP contribution in [0.2, 0.25) is 0 Å². The van der Waals surface area contributed by atoms with Gasteiger partial charge in [-0.05, 0) is 85.9 Å². The van der Waals surface area contributed by atoms with E-state index in [0.29, 0.717) is 0 Å². The maximum Gasteiger partial charge on any atom is 0.136 e. The van der Waals surface area contributed by atoms with E-state index in [1.54, 1.807) is 0 Å². The molecule has 2 nitrogen and oxygen atoms in total. The first-order valence-electron chi connectivity index (χ1n) is 16.4. The van der Waals surface area contributed by atoms with Gasteiger partial charge >= 0.3 is 0 Å². The van der Waals surface area contributed by atoms with Gasteiger partial charge in [-0.3, -0.25) is 0 Å².